The number of aromatic nitrogens is 1. The van der Waals surface area contributed by atoms with Crippen molar-refractivity contribution in [2.75, 3.05) is 12.4 Å². The summed E-state index contributed by atoms with van der Waals surface area (Å²) in [5.74, 6) is -0.470. The van der Waals surface area contributed by atoms with Gasteiger partial charge in [-0.15, -0.1) is 0 Å². The van der Waals surface area contributed by atoms with E-state index < -0.39 is 22.5 Å². The van der Waals surface area contributed by atoms with E-state index in [4.69, 9.17) is 4.74 Å². The first-order valence-electron chi connectivity index (χ1n) is 8.75. The third-order valence-corrected chi connectivity index (χ3v) is 4.05. The van der Waals surface area contributed by atoms with Gasteiger partial charge in [0.2, 0.25) is 5.88 Å². The summed E-state index contributed by atoms with van der Waals surface area (Å²) in [5.41, 5.74) is 0.886. The van der Waals surface area contributed by atoms with Gasteiger partial charge in [-0.05, 0) is 31.2 Å². The minimum atomic E-state index is -0.785. The highest BCUT2D eigenvalue weighted by Gasteiger charge is 2.18. The second kappa shape index (κ2) is 8.82. The van der Waals surface area contributed by atoms with Crippen LogP contribution in [-0.4, -0.2) is 28.9 Å². The number of nitro benzene ring substituents is 1. The van der Waals surface area contributed by atoms with Crippen LogP contribution in [0.25, 0.3) is 0 Å². The zero-order valence-electron chi connectivity index (χ0n) is 16.1. The molecule has 0 radical (unpaired) electrons. The number of nitrogens with zero attached hydrogens (tertiary/aromatic N) is 2. The van der Waals surface area contributed by atoms with E-state index in [2.05, 4.69) is 15.0 Å². The molecule has 2 aromatic carbocycles. The largest absolute Gasteiger partial charge is 0.465 e. The van der Waals surface area contributed by atoms with Gasteiger partial charge in [-0.3, -0.25) is 14.9 Å². The monoisotopic (exact) mass is 407 g/mol. The number of nitrogens with one attached hydrogen (secondary N) is 1. The first-order chi connectivity index (χ1) is 14.4. The maximum atomic E-state index is 12.5. The molecule has 0 aliphatic heterocycles. The van der Waals surface area contributed by atoms with Crippen molar-refractivity contribution in [3.05, 3.63) is 87.6 Å². The van der Waals surface area contributed by atoms with Crippen LogP contribution in [0.5, 0.6) is 11.6 Å². The van der Waals surface area contributed by atoms with Crippen LogP contribution in [0.2, 0.25) is 0 Å². The summed E-state index contributed by atoms with van der Waals surface area (Å²) in [6.45, 7) is 1.97. The maximum Gasteiger partial charge on any atom is 0.338 e. The number of pyridine rings is 1. The van der Waals surface area contributed by atoms with Gasteiger partial charge in [0.05, 0.1) is 29.5 Å². The van der Waals surface area contributed by atoms with Crippen LogP contribution in [0.1, 0.15) is 26.3 Å². The molecule has 0 atom stereocenters. The lowest BCUT2D eigenvalue weighted by Crippen LogP contribution is -2.14. The number of anilines is 1. The van der Waals surface area contributed by atoms with E-state index in [-0.39, 0.29) is 11.1 Å². The minimum Gasteiger partial charge on any atom is -0.465 e. The molecule has 0 aliphatic rings. The summed E-state index contributed by atoms with van der Waals surface area (Å²) in [6, 6.07) is 13.9. The Bertz CT molecular complexity index is 1090. The van der Waals surface area contributed by atoms with E-state index in [1.54, 1.807) is 12.1 Å². The van der Waals surface area contributed by atoms with Crippen molar-refractivity contribution in [2.24, 2.45) is 0 Å². The molecular formula is C21H17N3O6. The number of carbonyl (C=O) groups is 2. The molecule has 0 saturated carbocycles. The molecule has 9 heteroatoms. The van der Waals surface area contributed by atoms with Crippen LogP contribution in [0.15, 0.2) is 60.8 Å². The molecule has 1 N–H and O–H groups in total. The molecule has 0 bridgehead atoms. The number of amides is 1. The molecule has 30 heavy (non-hydrogen) atoms. The second-order valence-corrected chi connectivity index (χ2v) is 6.27. The highest BCUT2D eigenvalue weighted by Crippen LogP contribution is 2.22. The summed E-state index contributed by atoms with van der Waals surface area (Å²) in [7, 11) is 1.15. The van der Waals surface area contributed by atoms with Gasteiger partial charge in [0, 0.05) is 23.8 Å². The van der Waals surface area contributed by atoms with Gasteiger partial charge in [-0.25, -0.2) is 9.78 Å². The Morgan fingerprint density at radius 3 is 2.33 bits per heavy atom. The summed E-state index contributed by atoms with van der Waals surface area (Å²) < 4.78 is 10.2. The molecule has 3 aromatic rings. The van der Waals surface area contributed by atoms with Crippen LogP contribution < -0.4 is 10.1 Å². The van der Waals surface area contributed by atoms with Crippen LogP contribution in [-0.2, 0) is 4.74 Å². The SMILES string of the molecule is COC(=O)c1cc(C(=O)Nc2ccc(Oc3ccc(C)cc3)nc2)cc([N+](=O)[O-])c1. The van der Waals surface area contributed by atoms with Crippen molar-refractivity contribution in [1.29, 1.82) is 0 Å². The average Bonchev–Trinajstić information content (AvgIpc) is 2.75. The Morgan fingerprint density at radius 1 is 1.03 bits per heavy atom. The van der Waals surface area contributed by atoms with E-state index in [1.165, 1.54) is 12.3 Å². The molecule has 0 saturated heterocycles. The Balaban J connectivity index is 1.75. The normalized spacial score (nSPS) is 10.2. The molecule has 152 valence electrons. The molecule has 1 amide bonds. The quantitative estimate of drug-likeness (QED) is 0.370. The summed E-state index contributed by atoms with van der Waals surface area (Å²) in [5, 5.41) is 13.7. The predicted molar refractivity (Wildman–Crippen MR) is 108 cm³/mol. The number of benzene rings is 2. The number of methoxy groups -OCH3 is 1. The molecule has 9 nitrogen and oxygen atoms in total. The third-order valence-electron chi connectivity index (χ3n) is 4.05. The van der Waals surface area contributed by atoms with Crippen molar-refractivity contribution in [3.63, 3.8) is 0 Å². The Labute approximate surface area is 171 Å². The molecule has 0 aliphatic carbocycles. The Hall–Kier alpha value is -4.27. The lowest BCUT2D eigenvalue weighted by Gasteiger charge is -2.08. The number of carbonyl (C=O) groups excluding carboxylic acids is 2. The zero-order valence-corrected chi connectivity index (χ0v) is 16.1. The molecule has 0 spiro atoms. The van der Waals surface area contributed by atoms with Crippen LogP contribution in [0.4, 0.5) is 11.4 Å². The average molecular weight is 407 g/mol. The molecule has 1 heterocycles. The second-order valence-electron chi connectivity index (χ2n) is 6.27. The first-order valence-corrected chi connectivity index (χ1v) is 8.75. The van der Waals surface area contributed by atoms with Crippen LogP contribution >= 0.6 is 0 Å². The number of non-ortho nitro benzene ring substituents is 1. The molecule has 0 unspecified atom stereocenters. The number of rotatable bonds is 6. The fraction of sp³-hybridized carbons (Fsp3) is 0.0952. The van der Waals surface area contributed by atoms with Gasteiger partial charge in [0.1, 0.15) is 5.75 Å². The number of esters is 1. The number of ether oxygens (including phenoxy) is 2. The van der Waals surface area contributed by atoms with E-state index in [0.717, 1.165) is 24.8 Å². The zero-order chi connectivity index (χ0) is 21.7. The predicted octanol–water partition coefficient (Wildman–Crippen LogP) is 4.13. The van der Waals surface area contributed by atoms with Crippen LogP contribution in [0, 0.1) is 17.0 Å². The van der Waals surface area contributed by atoms with Crippen molar-refractivity contribution in [3.8, 4) is 11.6 Å². The van der Waals surface area contributed by atoms with Gasteiger partial charge >= 0.3 is 5.97 Å². The number of hydrogen-bond acceptors (Lipinski definition) is 7. The summed E-state index contributed by atoms with van der Waals surface area (Å²) in [4.78, 5) is 38.8. The third kappa shape index (κ3) is 4.96. The number of nitro groups is 1. The fourth-order valence-electron chi connectivity index (χ4n) is 2.53. The van der Waals surface area contributed by atoms with Gasteiger partial charge in [-0.2, -0.15) is 0 Å². The Morgan fingerprint density at radius 2 is 1.73 bits per heavy atom. The maximum absolute atomic E-state index is 12.5. The van der Waals surface area contributed by atoms with Crippen molar-refractivity contribution in [1.82, 2.24) is 4.98 Å². The Kier molecular flexibility index (Phi) is 6.02. The van der Waals surface area contributed by atoms with E-state index in [1.807, 2.05) is 31.2 Å². The highest BCUT2D eigenvalue weighted by molar-refractivity contribution is 6.06. The minimum absolute atomic E-state index is 0.0652. The summed E-state index contributed by atoms with van der Waals surface area (Å²) >= 11 is 0. The fourth-order valence-corrected chi connectivity index (χ4v) is 2.53. The molecule has 1 aromatic heterocycles. The standard InChI is InChI=1S/C21H17N3O6/c1-13-3-6-18(7-4-13)30-19-8-5-16(12-22-19)23-20(25)14-9-15(21(26)29-2)11-17(10-14)24(27)28/h3-12H,1-2H3,(H,23,25). The molecule has 3 rings (SSSR count). The number of aryl methyl sites for hydroxylation is 1. The van der Waals surface area contributed by atoms with Gasteiger partial charge < -0.3 is 14.8 Å². The topological polar surface area (TPSA) is 121 Å². The van der Waals surface area contributed by atoms with Gasteiger partial charge in [-0.1, -0.05) is 17.7 Å². The van der Waals surface area contributed by atoms with Gasteiger partial charge in [0.15, 0.2) is 0 Å². The number of hydrogen-bond donors (Lipinski definition) is 1. The van der Waals surface area contributed by atoms with Crippen LogP contribution in [0.3, 0.4) is 0 Å². The molecular weight excluding hydrogens is 390 g/mol. The lowest BCUT2D eigenvalue weighted by atomic mass is 10.1. The van der Waals surface area contributed by atoms with Crippen molar-refractivity contribution < 1.29 is 24.0 Å². The summed E-state index contributed by atoms with van der Waals surface area (Å²) in [6.07, 6.45) is 1.39. The van der Waals surface area contributed by atoms with Crippen molar-refractivity contribution in [2.45, 2.75) is 6.92 Å². The molecule has 0 fully saturated rings. The van der Waals surface area contributed by atoms with E-state index in [9.17, 15) is 19.7 Å². The van der Waals surface area contributed by atoms with Gasteiger partial charge in [0.25, 0.3) is 11.6 Å². The smallest absolute Gasteiger partial charge is 0.338 e. The lowest BCUT2D eigenvalue weighted by molar-refractivity contribution is -0.384. The van der Waals surface area contributed by atoms with E-state index in [0.29, 0.717) is 17.3 Å². The van der Waals surface area contributed by atoms with Crippen molar-refractivity contribution >= 4 is 23.3 Å². The van der Waals surface area contributed by atoms with E-state index >= 15 is 0 Å². The highest BCUT2D eigenvalue weighted by atomic mass is 16.6. The first kappa shape index (κ1) is 20.5.